The van der Waals surface area contributed by atoms with Crippen molar-refractivity contribution in [3.05, 3.63) is 51.1 Å². The van der Waals surface area contributed by atoms with E-state index in [0.29, 0.717) is 17.1 Å². The van der Waals surface area contributed by atoms with Crippen LogP contribution in [0.1, 0.15) is 36.6 Å². The zero-order valence-electron chi connectivity index (χ0n) is 16.3. The third-order valence-electron chi connectivity index (χ3n) is 5.59. The first kappa shape index (κ1) is 18.9. The van der Waals surface area contributed by atoms with Crippen molar-refractivity contribution in [1.29, 1.82) is 0 Å². The van der Waals surface area contributed by atoms with Crippen molar-refractivity contribution in [2.75, 3.05) is 5.75 Å². The van der Waals surface area contributed by atoms with Crippen molar-refractivity contribution in [2.45, 2.75) is 50.2 Å². The molecule has 5 rings (SSSR count). The second kappa shape index (κ2) is 7.61. The SMILES string of the molecule is C[C@H]1CCc2c(sc3nc(SCC(=O)NC4CC4)n(-c4ccccc4)c(=O)c23)C1. The lowest BCUT2D eigenvalue weighted by Crippen LogP contribution is -2.28. The first-order chi connectivity index (χ1) is 14.1. The molecular formula is C22H23N3O2S2. The van der Waals surface area contributed by atoms with E-state index in [2.05, 4.69) is 12.2 Å². The Morgan fingerprint density at radius 3 is 2.83 bits per heavy atom. The molecule has 0 radical (unpaired) electrons. The van der Waals surface area contributed by atoms with Crippen molar-refractivity contribution >= 4 is 39.2 Å². The van der Waals surface area contributed by atoms with Gasteiger partial charge in [-0.15, -0.1) is 11.3 Å². The molecule has 0 aliphatic heterocycles. The summed E-state index contributed by atoms with van der Waals surface area (Å²) in [7, 11) is 0. The van der Waals surface area contributed by atoms with Crippen LogP contribution in [-0.2, 0) is 17.6 Å². The van der Waals surface area contributed by atoms with Gasteiger partial charge < -0.3 is 5.32 Å². The van der Waals surface area contributed by atoms with Gasteiger partial charge in [-0.1, -0.05) is 36.9 Å². The monoisotopic (exact) mass is 425 g/mol. The van der Waals surface area contributed by atoms with Gasteiger partial charge in [-0.2, -0.15) is 0 Å². The predicted octanol–water partition coefficient (Wildman–Crippen LogP) is 3.94. The number of hydrogen-bond donors (Lipinski definition) is 1. The summed E-state index contributed by atoms with van der Waals surface area (Å²) in [6.07, 6.45) is 5.20. The minimum atomic E-state index is -0.0154. The molecule has 2 heterocycles. The van der Waals surface area contributed by atoms with Crippen LogP contribution in [0.25, 0.3) is 15.9 Å². The average Bonchev–Trinajstić information content (AvgIpc) is 3.44. The van der Waals surface area contributed by atoms with Gasteiger partial charge in [0, 0.05) is 10.9 Å². The number of fused-ring (bicyclic) bond motifs is 3. The molecule has 1 amide bonds. The highest BCUT2D eigenvalue weighted by Gasteiger charge is 2.26. The molecule has 150 valence electrons. The number of carbonyl (C=O) groups excluding carboxylic acids is 1. The van der Waals surface area contributed by atoms with Crippen LogP contribution in [0.5, 0.6) is 0 Å². The van der Waals surface area contributed by atoms with Crippen LogP contribution in [0.2, 0.25) is 0 Å². The number of thiophene rings is 1. The first-order valence-electron chi connectivity index (χ1n) is 10.1. The number of hydrogen-bond acceptors (Lipinski definition) is 5. The fraction of sp³-hybridized carbons (Fsp3) is 0.409. The van der Waals surface area contributed by atoms with Crippen LogP contribution in [0, 0.1) is 5.92 Å². The molecule has 3 aromatic rings. The number of nitrogens with one attached hydrogen (secondary N) is 1. The molecule has 2 aliphatic rings. The molecule has 2 aliphatic carbocycles. The molecule has 1 fully saturated rings. The molecule has 5 nitrogen and oxygen atoms in total. The Morgan fingerprint density at radius 1 is 1.28 bits per heavy atom. The fourth-order valence-corrected chi connectivity index (χ4v) is 6.15. The van der Waals surface area contributed by atoms with E-state index in [0.717, 1.165) is 48.0 Å². The van der Waals surface area contributed by atoms with Gasteiger partial charge in [0.25, 0.3) is 5.56 Å². The van der Waals surface area contributed by atoms with E-state index in [4.69, 9.17) is 4.98 Å². The molecule has 1 atom stereocenters. The number of rotatable bonds is 5. The maximum atomic E-state index is 13.6. The standard InChI is InChI=1S/C22H23N3O2S2/c1-13-7-10-16-17(11-13)29-20-19(16)21(27)25(15-5-3-2-4-6-15)22(24-20)28-12-18(26)23-14-8-9-14/h2-6,13-14H,7-12H2,1H3,(H,23,26)/t13-/m0/s1. The summed E-state index contributed by atoms with van der Waals surface area (Å²) in [5.41, 5.74) is 1.97. The van der Waals surface area contributed by atoms with E-state index >= 15 is 0 Å². The third kappa shape index (κ3) is 3.73. The normalized spacial score (nSPS) is 18.6. The van der Waals surface area contributed by atoms with E-state index in [9.17, 15) is 9.59 Å². The Kier molecular flexibility index (Phi) is 4.95. The van der Waals surface area contributed by atoms with Crippen LogP contribution >= 0.6 is 23.1 Å². The second-order valence-corrected chi connectivity index (χ2v) is 10.1. The quantitative estimate of drug-likeness (QED) is 0.497. The highest BCUT2D eigenvalue weighted by Crippen LogP contribution is 2.37. The van der Waals surface area contributed by atoms with Gasteiger partial charge >= 0.3 is 0 Å². The number of carbonyl (C=O) groups is 1. The number of benzene rings is 1. The van der Waals surface area contributed by atoms with Gasteiger partial charge in [-0.25, -0.2) is 4.98 Å². The van der Waals surface area contributed by atoms with Gasteiger partial charge in [0.05, 0.1) is 16.8 Å². The molecule has 1 aromatic carbocycles. The molecule has 7 heteroatoms. The fourth-order valence-electron chi connectivity index (χ4n) is 3.90. The van der Waals surface area contributed by atoms with Crippen LogP contribution < -0.4 is 10.9 Å². The van der Waals surface area contributed by atoms with E-state index in [1.54, 1.807) is 15.9 Å². The molecule has 0 bridgehead atoms. The van der Waals surface area contributed by atoms with E-state index in [-0.39, 0.29) is 17.2 Å². The van der Waals surface area contributed by atoms with Crippen molar-refractivity contribution < 1.29 is 4.79 Å². The molecule has 29 heavy (non-hydrogen) atoms. The van der Waals surface area contributed by atoms with E-state index < -0.39 is 0 Å². The summed E-state index contributed by atoms with van der Waals surface area (Å²) in [5, 5.41) is 4.37. The number of aryl methyl sites for hydroxylation is 1. The van der Waals surface area contributed by atoms with E-state index in [1.807, 2.05) is 30.3 Å². The molecule has 2 aromatic heterocycles. The number of para-hydroxylation sites is 1. The number of aromatic nitrogens is 2. The Hall–Kier alpha value is -2.12. The molecule has 1 N–H and O–H groups in total. The Bertz CT molecular complexity index is 1130. The van der Waals surface area contributed by atoms with Crippen molar-refractivity contribution in [1.82, 2.24) is 14.9 Å². The average molecular weight is 426 g/mol. The lowest BCUT2D eigenvalue weighted by Gasteiger charge is -2.17. The third-order valence-corrected chi connectivity index (χ3v) is 7.67. The smallest absolute Gasteiger partial charge is 0.267 e. The Balaban J connectivity index is 1.60. The maximum absolute atomic E-state index is 13.6. The Labute approximate surface area is 177 Å². The molecule has 0 unspecified atom stereocenters. The van der Waals surface area contributed by atoms with Crippen LogP contribution in [0.4, 0.5) is 0 Å². The molecule has 1 saturated carbocycles. The van der Waals surface area contributed by atoms with E-state index in [1.165, 1.54) is 22.2 Å². The topological polar surface area (TPSA) is 64.0 Å². The summed E-state index contributed by atoms with van der Waals surface area (Å²) < 4.78 is 1.68. The second-order valence-electron chi connectivity index (χ2n) is 8.03. The number of nitrogens with zero attached hydrogens (tertiary/aromatic N) is 2. The lowest BCUT2D eigenvalue weighted by molar-refractivity contribution is -0.118. The van der Waals surface area contributed by atoms with Gasteiger partial charge in [0.2, 0.25) is 5.91 Å². The Morgan fingerprint density at radius 2 is 2.07 bits per heavy atom. The maximum Gasteiger partial charge on any atom is 0.267 e. The largest absolute Gasteiger partial charge is 0.353 e. The summed E-state index contributed by atoms with van der Waals surface area (Å²) in [4.78, 5) is 32.8. The van der Waals surface area contributed by atoms with Gasteiger partial charge in [-0.3, -0.25) is 14.2 Å². The van der Waals surface area contributed by atoms with Crippen LogP contribution in [0.15, 0.2) is 40.3 Å². The van der Waals surface area contributed by atoms with Crippen LogP contribution in [-0.4, -0.2) is 27.3 Å². The van der Waals surface area contributed by atoms with Crippen molar-refractivity contribution in [2.24, 2.45) is 5.92 Å². The molecular weight excluding hydrogens is 402 g/mol. The highest BCUT2D eigenvalue weighted by molar-refractivity contribution is 7.99. The number of amides is 1. The zero-order valence-corrected chi connectivity index (χ0v) is 17.9. The van der Waals surface area contributed by atoms with Gasteiger partial charge in [-0.05, 0) is 55.7 Å². The zero-order chi connectivity index (χ0) is 20.0. The van der Waals surface area contributed by atoms with Gasteiger partial charge in [0.15, 0.2) is 5.16 Å². The molecule has 0 saturated heterocycles. The van der Waals surface area contributed by atoms with Crippen LogP contribution in [0.3, 0.4) is 0 Å². The predicted molar refractivity (Wildman–Crippen MR) is 118 cm³/mol. The highest BCUT2D eigenvalue weighted by atomic mass is 32.2. The van der Waals surface area contributed by atoms with Crippen molar-refractivity contribution in [3.63, 3.8) is 0 Å². The number of thioether (sulfide) groups is 1. The van der Waals surface area contributed by atoms with Gasteiger partial charge in [0.1, 0.15) is 4.83 Å². The minimum Gasteiger partial charge on any atom is -0.353 e. The summed E-state index contributed by atoms with van der Waals surface area (Å²) in [6.45, 7) is 2.27. The summed E-state index contributed by atoms with van der Waals surface area (Å²) >= 11 is 2.99. The minimum absolute atomic E-state index is 0.00533. The molecule has 0 spiro atoms. The summed E-state index contributed by atoms with van der Waals surface area (Å²) in [5.74, 6) is 0.918. The van der Waals surface area contributed by atoms with Crippen molar-refractivity contribution in [3.8, 4) is 5.69 Å². The summed E-state index contributed by atoms with van der Waals surface area (Å²) in [6, 6.07) is 9.95. The first-order valence-corrected chi connectivity index (χ1v) is 11.9. The lowest BCUT2D eigenvalue weighted by atomic mass is 9.89.